The van der Waals surface area contributed by atoms with Gasteiger partial charge in [-0.05, 0) is 19.1 Å². The maximum absolute atomic E-state index is 11.3. The summed E-state index contributed by atoms with van der Waals surface area (Å²) in [7, 11) is 0. The Morgan fingerprint density at radius 1 is 1.67 bits per heavy atom. The summed E-state index contributed by atoms with van der Waals surface area (Å²) in [6, 6.07) is 4.85. The molecule has 0 saturated carbocycles. The lowest BCUT2D eigenvalue weighted by molar-refractivity contribution is 0.0520. The van der Waals surface area contributed by atoms with Crippen molar-refractivity contribution in [2.24, 2.45) is 0 Å². The van der Waals surface area contributed by atoms with Crippen LogP contribution in [-0.4, -0.2) is 27.5 Å². The Balaban J connectivity index is 2.43. The molecule has 0 saturated heterocycles. The summed E-state index contributed by atoms with van der Waals surface area (Å²) in [6.45, 7) is 2.04. The van der Waals surface area contributed by atoms with E-state index >= 15 is 0 Å². The summed E-state index contributed by atoms with van der Waals surface area (Å²) < 4.78 is 5.73. The molecule has 15 heavy (non-hydrogen) atoms. The molecule has 2 rings (SSSR count). The van der Waals surface area contributed by atoms with Crippen molar-refractivity contribution in [3.05, 3.63) is 30.1 Å². The predicted molar refractivity (Wildman–Crippen MR) is 52.0 cm³/mol. The van der Waals surface area contributed by atoms with Gasteiger partial charge in [-0.25, -0.2) is 9.78 Å². The van der Waals surface area contributed by atoms with Gasteiger partial charge in [-0.3, -0.25) is 0 Å². The summed E-state index contributed by atoms with van der Waals surface area (Å²) in [5.74, 6) is -0.478. The summed E-state index contributed by atoms with van der Waals surface area (Å²) in [4.78, 5) is 15.4. The Kier molecular flexibility index (Phi) is 2.29. The number of hydrogen-bond donors (Lipinski definition) is 1. The quantitative estimate of drug-likeness (QED) is 0.596. The normalized spacial score (nSPS) is 10.5. The second-order valence-corrected chi connectivity index (χ2v) is 2.99. The molecule has 0 unspecified atom stereocenters. The lowest BCUT2D eigenvalue weighted by Crippen LogP contribution is -2.04. The molecule has 2 aliphatic heterocycles. The van der Waals surface area contributed by atoms with Gasteiger partial charge in [0, 0.05) is 12.3 Å². The maximum Gasteiger partial charge on any atom is 0.357 e. The molecule has 5 nitrogen and oxygen atoms in total. The molecule has 0 spiro atoms. The lowest BCUT2D eigenvalue weighted by Gasteiger charge is -2.01. The molecule has 0 fully saturated rings. The summed E-state index contributed by atoms with van der Waals surface area (Å²) in [5.41, 5.74) is 1.25. The van der Waals surface area contributed by atoms with Gasteiger partial charge in [0.05, 0.1) is 12.3 Å². The number of fused-ring (bicyclic) bond motifs is 1. The Labute approximate surface area is 86.2 Å². The molecule has 0 atom stereocenters. The summed E-state index contributed by atoms with van der Waals surface area (Å²) in [6.07, 6.45) is 1.47. The van der Waals surface area contributed by atoms with E-state index in [4.69, 9.17) is 4.74 Å². The standard InChI is InChI=1S/C10H10N2O3/c1-2-15-10(13)8-6-9-7(11-8)4-3-5-12(9)14/h3-6,14H,2H2,1H3. The van der Waals surface area contributed by atoms with Crippen molar-refractivity contribution in [2.45, 2.75) is 6.92 Å². The first-order valence-electron chi connectivity index (χ1n) is 4.57. The summed E-state index contributed by atoms with van der Waals surface area (Å²) >= 11 is 0. The number of aromatic nitrogens is 2. The fraction of sp³-hybridized carbons (Fsp3) is 0.200. The van der Waals surface area contributed by atoms with Crippen LogP contribution in [0.4, 0.5) is 0 Å². The minimum Gasteiger partial charge on any atom is -0.461 e. The molecule has 0 aliphatic carbocycles. The number of hydrogen-bond acceptors (Lipinski definition) is 4. The second kappa shape index (κ2) is 3.61. The van der Waals surface area contributed by atoms with Crippen molar-refractivity contribution < 1.29 is 14.7 Å². The van der Waals surface area contributed by atoms with Gasteiger partial charge >= 0.3 is 5.97 Å². The van der Waals surface area contributed by atoms with Gasteiger partial charge in [0.1, 0.15) is 5.69 Å². The molecule has 2 heterocycles. The molecule has 0 aromatic rings. The zero-order valence-corrected chi connectivity index (χ0v) is 8.17. The molecule has 0 amide bonds. The van der Waals surface area contributed by atoms with E-state index in [1.807, 2.05) is 0 Å². The van der Waals surface area contributed by atoms with Crippen LogP contribution in [0.5, 0.6) is 0 Å². The van der Waals surface area contributed by atoms with Crippen LogP contribution in [0.1, 0.15) is 17.4 Å². The van der Waals surface area contributed by atoms with E-state index in [0.717, 1.165) is 4.73 Å². The van der Waals surface area contributed by atoms with E-state index in [0.29, 0.717) is 18.0 Å². The van der Waals surface area contributed by atoms with E-state index in [9.17, 15) is 10.0 Å². The molecule has 0 bridgehead atoms. The number of nitrogens with zero attached hydrogens (tertiary/aromatic N) is 2. The first kappa shape index (κ1) is 9.51. The largest absolute Gasteiger partial charge is 0.461 e. The van der Waals surface area contributed by atoms with E-state index < -0.39 is 5.97 Å². The minimum absolute atomic E-state index is 0.209. The van der Waals surface area contributed by atoms with E-state index in [-0.39, 0.29) is 5.69 Å². The first-order chi connectivity index (χ1) is 7.22. The Bertz CT molecular complexity index is 464. The van der Waals surface area contributed by atoms with Crippen LogP contribution >= 0.6 is 0 Å². The van der Waals surface area contributed by atoms with Gasteiger partial charge < -0.3 is 9.94 Å². The third-order valence-electron chi connectivity index (χ3n) is 1.99. The number of ether oxygens (including phenoxy) is 1. The number of carbonyl (C=O) groups is 1. The first-order valence-corrected chi connectivity index (χ1v) is 4.57. The zero-order chi connectivity index (χ0) is 10.8. The highest BCUT2D eigenvalue weighted by molar-refractivity contribution is 5.90. The topological polar surface area (TPSA) is 64.3 Å². The fourth-order valence-corrected chi connectivity index (χ4v) is 1.33. The van der Waals surface area contributed by atoms with Crippen LogP contribution in [-0.2, 0) is 4.74 Å². The molecular weight excluding hydrogens is 196 g/mol. The number of carbonyl (C=O) groups excluding carboxylic acids is 1. The second-order valence-electron chi connectivity index (χ2n) is 2.99. The maximum atomic E-state index is 11.3. The van der Waals surface area contributed by atoms with Crippen LogP contribution in [0.3, 0.4) is 0 Å². The van der Waals surface area contributed by atoms with Gasteiger partial charge in [0.25, 0.3) is 0 Å². The van der Waals surface area contributed by atoms with Crippen molar-refractivity contribution in [2.75, 3.05) is 6.61 Å². The summed E-state index contributed by atoms with van der Waals surface area (Å²) in [5, 5.41) is 9.42. The highest BCUT2D eigenvalue weighted by atomic mass is 16.5. The highest BCUT2D eigenvalue weighted by Gasteiger charge is 2.17. The molecule has 0 aromatic carbocycles. The SMILES string of the molecule is CCOC(=O)c1cc2n(O)cccc-2n1. The van der Waals surface area contributed by atoms with Gasteiger partial charge in [-0.15, -0.1) is 0 Å². The Morgan fingerprint density at radius 2 is 2.47 bits per heavy atom. The van der Waals surface area contributed by atoms with Gasteiger partial charge in [0.2, 0.25) is 0 Å². The van der Waals surface area contributed by atoms with Crippen molar-refractivity contribution in [1.82, 2.24) is 9.71 Å². The molecule has 5 heteroatoms. The van der Waals surface area contributed by atoms with E-state index in [1.165, 1.54) is 12.3 Å². The van der Waals surface area contributed by atoms with Gasteiger partial charge in [0.15, 0.2) is 5.69 Å². The zero-order valence-electron chi connectivity index (χ0n) is 8.17. The van der Waals surface area contributed by atoms with Crippen molar-refractivity contribution in [1.29, 1.82) is 0 Å². The molecule has 1 N–H and O–H groups in total. The Hall–Kier alpha value is -2.04. The third kappa shape index (κ3) is 1.63. The minimum atomic E-state index is -0.478. The van der Waals surface area contributed by atoms with Crippen LogP contribution in [0.25, 0.3) is 11.4 Å². The van der Waals surface area contributed by atoms with E-state index in [2.05, 4.69) is 4.98 Å². The van der Waals surface area contributed by atoms with Crippen molar-refractivity contribution >= 4 is 5.97 Å². The smallest absolute Gasteiger partial charge is 0.357 e. The van der Waals surface area contributed by atoms with Gasteiger partial charge in [-0.1, -0.05) is 0 Å². The van der Waals surface area contributed by atoms with E-state index in [1.54, 1.807) is 19.1 Å². The van der Waals surface area contributed by atoms with Gasteiger partial charge in [-0.2, -0.15) is 4.73 Å². The highest BCUT2D eigenvalue weighted by Crippen LogP contribution is 2.21. The number of esters is 1. The van der Waals surface area contributed by atoms with Crippen LogP contribution in [0, 0.1) is 0 Å². The van der Waals surface area contributed by atoms with Crippen LogP contribution in [0.2, 0.25) is 0 Å². The van der Waals surface area contributed by atoms with Crippen molar-refractivity contribution in [3.8, 4) is 11.4 Å². The molecule has 2 aliphatic rings. The Morgan fingerprint density at radius 3 is 3.13 bits per heavy atom. The van der Waals surface area contributed by atoms with Crippen molar-refractivity contribution in [3.63, 3.8) is 0 Å². The molecular formula is C10H10N2O3. The number of pyridine rings is 1. The predicted octanol–water partition coefficient (Wildman–Crippen LogP) is 1.40. The third-order valence-corrected chi connectivity index (χ3v) is 1.99. The van der Waals surface area contributed by atoms with Crippen LogP contribution in [0.15, 0.2) is 24.4 Å². The molecule has 78 valence electrons. The lowest BCUT2D eigenvalue weighted by atomic mass is 10.3. The fourth-order valence-electron chi connectivity index (χ4n) is 1.33. The molecule has 0 radical (unpaired) electrons. The average Bonchev–Trinajstić information content (AvgIpc) is 2.63. The average molecular weight is 206 g/mol. The number of rotatable bonds is 2. The monoisotopic (exact) mass is 206 g/mol. The van der Waals surface area contributed by atoms with Crippen LogP contribution < -0.4 is 0 Å². The molecule has 0 aromatic heterocycles.